The summed E-state index contributed by atoms with van der Waals surface area (Å²) in [4.78, 5) is 10.3. The highest BCUT2D eigenvalue weighted by Gasteiger charge is 2.20. The highest BCUT2D eigenvalue weighted by molar-refractivity contribution is 5.64. The fraction of sp³-hybridized carbons (Fsp3) is 0.889. The van der Waals surface area contributed by atoms with Crippen molar-refractivity contribution in [3.05, 3.63) is 0 Å². The van der Waals surface area contributed by atoms with E-state index in [-0.39, 0.29) is 12.6 Å². The minimum Gasteiger partial charge on any atom is -0.465 e. The van der Waals surface area contributed by atoms with Crippen molar-refractivity contribution in [2.24, 2.45) is 5.92 Å². The Kier molecular flexibility index (Phi) is 4.02. The van der Waals surface area contributed by atoms with E-state index < -0.39 is 6.09 Å². The third-order valence-corrected chi connectivity index (χ3v) is 2.64. The molecule has 0 spiro atoms. The molecule has 1 fully saturated rings. The van der Waals surface area contributed by atoms with E-state index in [9.17, 15) is 4.79 Å². The lowest BCUT2D eigenvalue weighted by atomic mass is 9.99. The second-order valence-corrected chi connectivity index (χ2v) is 3.72. The number of aliphatic hydroxyl groups is 1. The van der Waals surface area contributed by atoms with Crippen molar-refractivity contribution < 1.29 is 15.0 Å². The van der Waals surface area contributed by atoms with Crippen molar-refractivity contribution in [3.8, 4) is 0 Å². The summed E-state index contributed by atoms with van der Waals surface area (Å²) in [6, 6.07) is -0.277. The van der Waals surface area contributed by atoms with Gasteiger partial charge in [0.1, 0.15) is 0 Å². The van der Waals surface area contributed by atoms with Crippen LogP contribution in [0.15, 0.2) is 0 Å². The number of carboxylic acid groups (broad SMARTS) is 1. The summed E-state index contributed by atoms with van der Waals surface area (Å²) >= 11 is 0. The van der Waals surface area contributed by atoms with E-state index in [0.29, 0.717) is 5.92 Å². The smallest absolute Gasteiger partial charge is 0.404 e. The lowest BCUT2D eigenvalue weighted by molar-refractivity contribution is 0.170. The van der Waals surface area contributed by atoms with Crippen LogP contribution in [0.4, 0.5) is 4.79 Å². The molecule has 76 valence electrons. The first kappa shape index (κ1) is 10.3. The number of rotatable bonds is 4. The molecular weight excluding hydrogens is 170 g/mol. The quantitative estimate of drug-likeness (QED) is 0.619. The number of carbonyl (C=O) groups is 1. The van der Waals surface area contributed by atoms with Crippen LogP contribution in [0.2, 0.25) is 0 Å². The van der Waals surface area contributed by atoms with Gasteiger partial charge in [-0.1, -0.05) is 25.7 Å². The summed E-state index contributed by atoms with van der Waals surface area (Å²) in [5, 5.41) is 19.7. The molecule has 0 radical (unpaired) electrons. The van der Waals surface area contributed by atoms with Crippen LogP contribution in [0.3, 0.4) is 0 Å². The Morgan fingerprint density at radius 1 is 1.46 bits per heavy atom. The summed E-state index contributed by atoms with van der Waals surface area (Å²) in [5.74, 6) is 0.601. The SMILES string of the molecule is O=C(O)N[C@H](CO)CC1CCCC1. The fourth-order valence-electron chi connectivity index (χ4n) is 2.00. The largest absolute Gasteiger partial charge is 0.465 e. The molecule has 4 heteroatoms. The predicted octanol–water partition coefficient (Wildman–Crippen LogP) is 1.20. The Morgan fingerprint density at radius 2 is 2.08 bits per heavy atom. The van der Waals surface area contributed by atoms with Gasteiger partial charge in [0.05, 0.1) is 12.6 Å². The van der Waals surface area contributed by atoms with Crippen molar-refractivity contribution in [1.29, 1.82) is 0 Å². The molecule has 0 aliphatic heterocycles. The zero-order valence-electron chi connectivity index (χ0n) is 7.70. The molecule has 1 amide bonds. The first-order valence-corrected chi connectivity index (χ1v) is 4.82. The van der Waals surface area contributed by atoms with E-state index >= 15 is 0 Å². The van der Waals surface area contributed by atoms with Gasteiger partial charge in [0.15, 0.2) is 0 Å². The first-order chi connectivity index (χ1) is 6.22. The Hall–Kier alpha value is -0.770. The van der Waals surface area contributed by atoms with Crippen LogP contribution in [-0.2, 0) is 0 Å². The highest BCUT2D eigenvalue weighted by atomic mass is 16.4. The van der Waals surface area contributed by atoms with Crippen LogP contribution in [0.1, 0.15) is 32.1 Å². The minimum atomic E-state index is -1.04. The molecule has 0 aromatic carbocycles. The molecule has 1 saturated carbocycles. The molecule has 1 rings (SSSR count). The van der Waals surface area contributed by atoms with Crippen LogP contribution >= 0.6 is 0 Å². The monoisotopic (exact) mass is 187 g/mol. The summed E-state index contributed by atoms with van der Waals surface area (Å²) in [7, 11) is 0. The zero-order chi connectivity index (χ0) is 9.68. The van der Waals surface area contributed by atoms with E-state index in [1.165, 1.54) is 25.7 Å². The molecule has 4 nitrogen and oxygen atoms in total. The minimum absolute atomic E-state index is 0.0944. The van der Waals surface area contributed by atoms with Gasteiger partial charge in [-0.05, 0) is 12.3 Å². The summed E-state index contributed by atoms with van der Waals surface area (Å²) in [6.45, 7) is -0.0944. The van der Waals surface area contributed by atoms with Gasteiger partial charge in [0, 0.05) is 0 Å². The first-order valence-electron chi connectivity index (χ1n) is 4.82. The van der Waals surface area contributed by atoms with Gasteiger partial charge >= 0.3 is 6.09 Å². The summed E-state index contributed by atoms with van der Waals surface area (Å²) < 4.78 is 0. The van der Waals surface area contributed by atoms with Crippen LogP contribution in [0, 0.1) is 5.92 Å². The molecule has 0 unspecified atom stereocenters. The second-order valence-electron chi connectivity index (χ2n) is 3.72. The Bertz CT molecular complexity index is 166. The summed E-state index contributed by atoms with van der Waals surface area (Å²) in [5.41, 5.74) is 0. The Labute approximate surface area is 78.0 Å². The third-order valence-electron chi connectivity index (χ3n) is 2.64. The van der Waals surface area contributed by atoms with Crippen molar-refractivity contribution in [2.75, 3.05) is 6.61 Å². The molecule has 0 aromatic rings. The molecule has 13 heavy (non-hydrogen) atoms. The Balaban J connectivity index is 2.25. The van der Waals surface area contributed by atoms with Gasteiger partial charge < -0.3 is 15.5 Å². The van der Waals surface area contributed by atoms with Gasteiger partial charge in [-0.15, -0.1) is 0 Å². The highest BCUT2D eigenvalue weighted by Crippen LogP contribution is 2.28. The van der Waals surface area contributed by atoms with Gasteiger partial charge in [0.2, 0.25) is 0 Å². The van der Waals surface area contributed by atoms with Crippen molar-refractivity contribution in [1.82, 2.24) is 5.32 Å². The lowest BCUT2D eigenvalue weighted by Gasteiger charge is -2.17. The molecular formula is C9H17NO3. The molecule has 0 heterocycles. The number of hydrogen-bond acceptors (Lipinski definition) is 2. The molecule has 0 bridgehead atoms. The van der Waals surface area contributed by atoms with Crippen molar-refractivity contribution in [2.45, 2.75) is 38.1 Å². The van der Waals surface area contributed by atoms with Gasteiger partial charge in [-0.2, -0.15) is 0 Å². The predicted molar refractivity (Wildman–Crippen MR) is 48.6 cm³/mol. The number of aliphatic hydroxyl groups excluding tert-OH is 1. The topological polar surface area (TPSA) is 69.6 Å². The van der Waals surface area contributed by atoms with E-state index in [4.69, 9.17) is 10.2 Å². The van der Waals surface area contributed by atoms with E-state index in [1.54, 1.807) is 0 Å². The molecule has 1 aliphatic rings. The van der Waals surface area contributed by atoms with Gasteiger partial charge in [-0.25, -0.2) is 4.79 Å². The lowest BCUT2D eigenvalue weighted by Crippen LogP contribution is -2.37. The van der Waals surface area contributed by atoms with Gasteiger partial charge in [0.25, 0.3) is 0 Å². The van der Waals surface area contributed by atoms with E-state index in [2.05, 4.69) is 5.32 Å². The Morgan fingerprint density at radius 3 is 2.54 bits per heavy atom. The summed E-state index contributed by atoms with van der Waals surface area (Å²) in [6.07, 6.45) is 4.58. The van der Waals surface area contributed by atoms with E-state index in [1.807, 2.05) is 0 Å². The standard InChI is InChI=1S/C9H17NO3/c11-6-8(10-9(12)13)5-7-3-1-2-4-7/h7-8,10-11H,1-6H2,(H,12,13)/t8-/m0/s1. The van der Waals surface area contributed by atoms with Gasteiger partial charge in [-0.3, -0.25) is 0 Å². The average Bonchev–Trinajstić information content (AvgIpc) is 2.55. The van der Waals surface area contributed by atoms with E-state index in [0.717, 1.165) is 6.42 Å². The van der Waals surface area contributed by atoms with Crippen molar-refractivity contribution in [3.63, 3.8) is 0 Å². The molecule has 0 saturated heterocycles. The second kappa shape index (κ2) is 5.07. The molecule has 3 N–H and O–H groups in total. The number of nitrogens with one attached hydrogen (secondary N) is 1. The maximum Gasteiger partial charge on any atom is 0.404 e. The molecule has 1 aliphatic carbocycles. The van der Waals surface area contributed by atoms with Crippen LogP contribution in [0.5, 0.6) is 0 Å². The number of hydrogen-bond donors (Lipinski definition) is 3. The molecule has 1 atom stereocenters. The maximum absolute atomic E-state index is 10.3. The van der Waals surface area contributed by atoms with Crippen LogP contribution < -0.4 is 5.32 Å². The van der Waals surface area contributed by atoms with Crippen LogP contribution in [0.25, 0.3) is 0 Å². The zero-order valence-corrected chi connectivity index (χ0v) is 7.70. The average molecular weight is 187 g/mol. The number of amides is 1. The van der Waals surface area contributed by atoms with Crippen molar-refractivity contribution >= 4 is 6.09 Å². The normalized spacial score (nSPS) is 20.1. The molecule has 0 aromatic heterocycles. The fourth-order valence-corrected chi connectivity index (χ4v) is 2.00. The maximum atomic E-state index is 10.3. The van der Waals surface area contributed by atoms with Crippen LogP contribution in [-0.4, -0.2) is 29.0 Å². The third kappa shape index (κ3) is 3.63.